The summed E-state index contributed by atoms with van der Waals surface area (Å²) in [4.78, 5) is 11.7. The fourth-order valence-electron chi connectivity index (χ4n) is 1.55. The van der Waals surface area contributed by atoms with Crippen molar-refractivity contribution in [3.05, 3.63) is 34.1 Å². The van der Waals surface area contributed by atoms with Crippen molar-refractivity contribution in [2.45, 2.75) is 18.2 Å². The van der Waals surface area contributed by atoms with Crippen LogP contribution in [0.5, 0.6) is 0 Å². The Morgan fingerprint density at radius 3 is 2.88 bits per heavy atom. The number of amides is 1. The van der Waals surface area contributed by atoms with Gasteiger partial charge in [0.1, 0.15) is 5.82 Å². The first-order chi connectivity index (χ1) is 8.08. The Hall–Kier alpha value is -0.610. The molecule has 0 saturated heterocycles. The van der Waals surface area contributed by atoms with Crippen molar-refractivity contribution in [2.75, 3.05) is 6.54 Å². The third-order valence-electron chi connectivity index (χ3n) is 2.77. The molecule has 5 heteroatoms. The number of hydrogen-bond acceptors (Lipinski definition) is 1. The Bertz CT molecular complexity index is 437. The number of benzene rings is 1. The maximum absolute atomic E-state index is 13.0. The van der Waals surface area contributed by atoms with E-state index in [0.29, 0.717) is 18.0 Å². The van der Waals surface area contributed by atoms with Crippen molar-refractivity contribution in [1.29, 1.82) is 0 Å². The first-order valence-electron chi connectivity index (χ1n) is 5.45. The number of hydrogen-bond donors (Lipinski definition) is 1. The summed E-state index contributed by atoms with van der Waals surface area (Å²) in [7, 11) is 0. The smallest absolute Gasteiger partial charge is 0.251 e. The number of halogens is 3. The van der Waals surface area contributed by atoms with E-state index in [-0.39, 0.29) is 21.6 Å². The molecule has 2 nitrogen and oxygen atoms in total. The summed E-state index contributed by atoms with van der Waals surface area (Å²) in [5.74, 6) is -0.0660. The van der Waals surface area contributed by atoms with Gasteiger partial charge < -0.3 is 5.32 Å². The Labute approximate surface area is 113 Å². The molecule has 2 rings (SSSR count). The maximum atomic E-state index is 13.0. The summed E-state index contributed by atoms with van der Waals surface area (Å²) >= 11 is 9.13. The fourth-order valence-corrected chi connectivity index (χ4v) is 2.26. The zero-order chi connectivity index (χ0) is 12.4. The van der Waals surface area contributed by atoms with Gasteiger partial charge >= 0.3 is 0 Å². The van der Waals surface area contributed by atoms with E-state index in [0.717, 1.165) is 12.8 Å². The van der Waals surface area contributed by atoms with E-state index >= 15 is 0 Å². The molecule has 1 aromatic carbocycles. The molecule has 0 spiro atoms. The van der Waals surface area contributed by atoms with E-state index < -0.39 is 0 Å². The van der Waals surface area contributed by atoms with Gasteiger partial charge in [-0.15, -0.1) is 11.6 Å². The van der Waals surface area contributed by atoms with Crippen molar-refractivity contribution in [3.8, 4) is 0 Å². The molecule has 1 fully saturated rings. The highest BCUT2D eigenvalue weighted by molar-refractivity contribution is 9.10. The lowest BCUT2D eigenvalue weighted by atomic mass is 10.2. The van der Waals surface area contributed by atoms with Crippen molar-refractivity contribution in [3.63, 3.8) is 0 Å². The summed E-state index contributed by atoms with van der Waals surface area (Å²) in [6.07, 6.45) is 2.29. The normalized spacial score (nSPS) is 16.6. The third kappa shape index (κ3) is 3.42. The lowest BCUT2D eigenvalue weighted by molar-refractivity contribution is 0.0953. The Kier molecular flexibility index (Phi) is 4.05. The van der Waals surface area contributed by atoms with Gasteiger partial charge in [0.25, 0.3) is 5.91 Å². The van der Waals surface area contributed by atoms with Crippen LogP contribution in [-0.4, -0.2) is 17.8 Å². The van der Waals surface area contributed by atoms with Gasteiger partial charge in [0.15, 0.2) is 0 Å². The second kappa shape index (κ2) is 5.36. The number of nitrogens with one attached hydrogen (secondary N) is 1. The van der Waals surface area contributed by atoms with E-state index in [2.05, 4.69) is 21.2 Å². The van der Waals surface area contributed by atoms with E-state index in [9.17, 15) is 9.18 Å². The van der Waals surface area contributed by atoms with Crippen LogP contribution in [-0.2, 0) is 0 Å². The van der Waals surface area contributed by atoms with E-state index in [1.165, 1.54) is 18.2 Å². The molecule has 1 unspecified atom stereocenters. The largest absolute Gasteiger partial charge is 0.351 e. The molecule has 0 aliphatic heterocycles. The van der Waals surface area contributed by atoms with Gasteiger partial charge in [-0.3, -0.25) is 4.79 Å². The van der Waals surface area contributed by atoms with Gasteiger partial charge in [-0.1, -0.05) is 0 Å². The summed E-state index contributed by atoms with van der Waals surface area (Å²) in [6, 6.07) is 4.18. The topological polar surface area (TPSA) is 29.1 Å². The first kappa shape index (κ1) is 12.8. The van der Waals surface area contributed by atoms with Crippen molar-refractivity contribution >= 4 is 33.4 Å². The summed E-state index contributed by atoms with van der Waals surface area (Å²) in [5.41, 5.74) is 0.429. The molecule has 0 heterocycles. The highest BCUT2D eigenvalue weighted by Crippen LogP contribution is 2.35. The number of rotatable bonds is 4. The van der Waals surface area contributed by atoms with Crippen molar-refractivity contribution in [1.82, 2.24) is 5.32 Å². The molecule has 1 saturated carbocycles. The monoisotopic (exact) mass is 319 g/mol. The molecule has 92 valence electrons. The number of carbonyl (C=O) groups excluding carboxylic acids is 1. The SMILES string of the molecule is O=C(NCC(Cl)C1CC1)c1ccc(F)c(Br)c1. The molecule has 0 radical (unpaired) electrons. The van der Waals surface area contributed by atoms with Gasteiger partial charge in [0, 0.05) is 12.1 Å². The summed E-state index contributed by atoms with van der Waals surface area (Å²) in [6.45, 7) is 0.458. The molecule has 1 atom stereocenters. The number of carbonyl (C=O) groups is 1. The minimum absolute atomic E-state index is 0.00263. The van der Waals surface area contributed by atoms with E-state index in [1.54, 1.807) is 0 Å². The minimum Gasteiger partial charge on any atom is -0.351 e. The van der Waals surface area contributed by atoms with Crippen molar-refractivity contribution < 1.29 is 9.18 Å². The molecular formula is C12H12BrClFNO. The second-order valence-electron chi connectivity index (χ2n) is 4.19. The van der Waals surface area contributed by atoms with Crippen LogP contribution in [0.2, 0.25) is 0 Å². The van der Waals surface area contributed by atoms with Crippen LogP contribution < -0.4 is 5.32 Å². The molecule has 1 N–H and O–H groups in total. The molecule has 1 amide bonds. The highest BCUT2D eigenvalue weighted by Gasteiger charge is 2.29. The average molecular weight is 321 g/mol. The van der Waals surface area contributed by atoms with Gasteiger partial charge in [-0.2, -0.15) is 0 Å². The fraction of sp³-hybridized carbons (Fsp3) is 0.417. The first-order valence-corrected chi connectivity index (χ1v) is 6.68. The molecule has 0 aromatic heterocycles. The van der Waals surface area contributed by atoms with Crippen LogP contribution >= 0.6 is 27.5 Å². The molecule has 1 aromatic rings. The average Bonchev–Trinajstić information content (AvgIpc) is 3.13. The summed E-state index contributed by atoms with van der Waals surface area (Å²) < 4.78 is 13.3. The van der Waals surface area contributed by atoms with Crippen LogP contribution in [0, 0.1) is 11.7 Å². The lowest BCUT2D eigenvalue weighted by Gasteiger charge is -2.09. The van der Waals surface area contributed by atoms with Crippen LogP contribution in [0.3, 0.4) is 0 Å². The molecule has 1 aliphatic carbocycles. The Morgan fingerprint density at radius 2 is 2.29 bits per heavy atom. The zero-order valence-corrected chi connectivity index (χ0v) is 11.4. The van der Waals surface area contributed by atoms with Crippen LogP contribution in [0.4, 0.5) is 4.39 Å². The molecule has 17 heavy (non-hydrogen) atoms. The lowest BCUT2D eigenvalue weighted by Crippen LogP contribution is -2.30. The van der Waals surface area contributed by atoms with Gasteiger partial charge in [-0.05, 0) is 52.9 Å². The van der Waals surface area contributed by atoms with Crippen LogP contribution in [0.15, 0.2) is 22.7 Å². The minimum atomic E-state index is -0.380. The van der Waals surface area contributed by atoms with Gasteiger partial charge in [0.2, 0.25) is 0 Å². The standard InChI is InChI=1S/C12H12BrClFNO/c13-9-5-8(3-4-11(9)15)12(17)16-6-10(14)7-1-2-7/h3-5,7,10H,1-2,6H2,(H,16,17). The van der Waals surface area contributed by atoms with Crippen molar-refractivity contribution in [2.24, 2.45) is 5.92 Å². The second-order valence-corrected chi connectivity index (χ2v) is 5.61. The zero-order valence-electron chi connectivity index (χ0n) is 9.05. The predicted octanol–water partition coefficient (Wildman–Crippen LogP) is 3.34. The summed E-state index contributed by atoms with van der Waals surface area (Å²) in [5, 5.41) is 2.76. The molecule has 0 bridgehead atoms. The quantitative estimate of drug-likeness (QED) is 0.847. The molecular weight excluding hydrogens is 308 g/mol. The maximum Gasteiger partial charge on any atom is 0.251 e. The molecule has 1 aliphatic rings. The van der Waals surface area contributed by atoms with Crippen LogP contribution in [0.1, 0.15) is 23.2 Å². The van der Waals surface area contributed by atoms with E-state index in [1.807, 2.05) is 0 Å². The highest BCUT2D eigenvalue weighted by atomic mass is 79.9. The van der Waals surface area contributed by atoms with Gasteiger partial charge in [0.05, 0.1) is 9.85 Å². The van der Waals surface area contributed by atoms with Crippen LogP contribution in [0.25, 0.3) is 0 Å². The Morgan fingerprint density at radius 1 is 1.59 bits per heavy atom. The van der Waals surface area contributed by atoms with Gasteiger partial charge in [-0.25, -0.2) is 4.39 Å². The number of alkyl halides is 1. The predicted molar refractivity (Wildman–Crippen MR) is 68.8 cm³/mol. The Balaban J connectivity index is 1.92. The van der Waals surface area contributed by atoms with E-state index in [4.69, 9.17) is 11.6 Å². The third-order valence-corrected chi connectivity index (χ3v) is 3.89.